The normalized spacial score (nSPS) is 21.8. The van der Waals surface area contributed by atoms with Gasteiger partial charge in [-0.25, -0.2) is 4.79 Å². The molecule has 1 aromatic carbocycles. The summed E-state index contributed by atoms with van der Waals surface area (Å²) in [4.78, 5) is 33.9. The molecule has 0 aromatic heterocycles. The standard InChI is InChI=1S/C15H11ClN2O4/c1-2-22-13(20)10(7-17)11-8-5-3-4-6-9(8)12(19)15(11,16)14(18)21/h3-6H,2H2,1H3,(H2,18,21)/b11-10+/t15-/m1/s1. The van der Waals surface area contributed by atoms with E-state index in [4.69, 9.17) is 22.1 Å². The van der Waals surface area contributed by atoms with Gasteiger partial charge in [0.25, 0.3) is 5.91 Å². The van der Waals surface area contributed by atoms with Crippen molar-refractivity contribution in [2.75, 3.05) is 6.61 Å². The number of Topliss-reactive ketones (excluding diaryl/α,β-unsaturated/α-hetero) is 1. The van der Waals surface area contributed by atoms with E-state index in [1.54, 1.807) is 25.1 Å². The first kappa shape index (κ1) is 15.7. The maximum absolute atomic E-state index is 12.4. The predicted octanol–water partition coefficient (Wildman–Crippen LogP) is 1.19. The van der Waals surface area contributed by atoms with Gasteiger partial charge in [-0.15, -0.1) is 0 Å². The van der Waals surface area contributed by atoms with Gasteiger partial charge in [0.1, 0.15) is 11.6 Å². The molecule has 112 valence electrons. The van der Waals surface area contributed by atoms with Crippen LogP contribution in [-0.2, 0) is 14.3 Å². The first-order valence-electron chi connectivity index (χ1n) is 6.34. The van der Waals surface area contributed by atoms with Crippen LogP contribution >= 0.6 is 11.6 Å². The number of carbonyl (C=O) groups is 3. The Hall–Kier alpha value is -2.65. The molecule has 0 bridgehead atoms. The molecule has 0 unspecified atom stereocenters. The number of hydrogen-bond donors (Lipinski definition) is 1. The van der Waals surface area contributed by atoms with Crippen molar-refractivity contribution in [1.29, 1.82) is 5.26 Å². The number of nitriles is 1. The van der Waals surface area contributed by atoms with Crippen molar-refractivity contribution in [3.63, 3.8) is 0 Å². The molecule has 1 aliphatic carbocycles. The van der Waals surface area contributed by atoms with Crippen LogP contribution in [0.1, 0.15) is 22.8 Å². The molecule has 7 heteroatoms. The van der Waals surface area contributed by atoms with Gasteiger partial charge >= 0.3 is 5.97 Å². The molecule has 2 rings (SSSR count). The van der Waals surface area contributed by atoms with Gasteiger partial charge in [-0.1, -0.05) is 35.9 Å². The number of carbonyl (C=O) groups excluding carboxylic acids is 3. The van der Waals surface area contributed by atoms with Crippen LogP contribution < -0.4 is 5.73 Å². The summed E-state index contributed by atoms with van der Waals surface area (Å²) in [5, 5.41) is 9.28. The number of amides is 1. The number of halogens is 1. The average molecular weight is 319 g/mol. The number of primary amides is 1. The van der Waals surface area contributed by atoms with Crippen molar-refractivity contribution in [2.45, 2.75) is 11.8 Å². The molecule has 0 saturated heterocycles. The zero-order chi connectivity index (χ0) is 16.5. The number of alkyl halides is 1. The number of ketones is 1. The second-order valence-corrected chi connectivity index (χ2v) is 5.05. The summed E-state index contributed by atoms with van der Waals surface area (Å²) in [7, 11) is 0. The van der Waals surface area contributed by atoms with Gasteiger partial charge in [0.15, 0.2) is 5.78 Å². The fourth-order valence-electron chi connectivity index (χ4n) is 2.33. The molecule has 22 heavy (non-hydrogen) atoms. The zero-order valence-electron chi connectivity index (χ0n) is 11.6. The van der Waals surface area contributed by atoms with E-state index < -0.39 is 28.1 Å². The molecule has 1 amide bonds. The quantitative estimate of drug-likeness (QED) is 0.296. The van der Waals surface area contributed by atoms with E-state index in [0.29, 0.717) is 0 Å². The first-order chi connectivity index (χ1) is 10.4. The van der Waals surface area contributed by atoms with Crippen LogP contribution in [-0.4, -0.2) is 29.1 Å². The molecular formula is C15H11ClN2O4. The summed E-state index contributed by atoms with van der Waals surface area (Å²) in [5.41, 5.74) is 4.90. The highest BCUT2D eigenvalue weighted by atomic mass is 35.5. The maximum Gasteiger partial charge on any atom is 0.349 e. The highest BCUT2D eigenvalue weighted by Gasteiger charge is 2.55. The lowest BCUT2D eigenvalue weighted by Gasteiger charge is -2.18. The number of rotatable bonds is 3. The molecule has 0 aliphatic heterocycles. The Kier molecular flexibility index (Phi) is 4.02. The Balaban J connectivity index is 2.85. The SMILES string of the molecule is CCOC(=O)/C(C#N)=C1\c2ccccc2C(=O)[C@@]1(Cl)C(N)=O. The summed E-state index contributed by atoms with van der Waals surface area (Å²) in [6.45, 7) is 1.59. The molecular weight excluding hydrogens is 308 g/mol. The molecule has 0 fully saturated rings. The highest BCUT2D eigenvalue weighted by molar-refractivity contribution is 6.58. The van der Waals surface area contributed by atoms with Crippen molar-refractivity contribution in [2.24, 2.45) is 5.73 Å². The van der Waals surface area contributed by atoms with E-state index in [9.17, 15) is 19.6 Å². The van der Waals surface area contributed by atoms with E-state index in [1.165, 1.54) is 12.1 Å². The largest absolute Gasteiger partial charge is 0.462 e. The topological polar surface area (TPSA) is 110 Å². The maximum atomic E-state index is 12.4. The van der Waals surface area contributed by atoms with Crippen LogP contribution in [0, 0.1) is 11.3 Å². The van der Waals surface area contributed by atoms with Gasteiger partial charge in [-0.3, -0.25) is 9.59 Å². The van der Waals surface area contributed by atoms with E-state index in [0.717, 1.165) is 0 Å². The van der Waals surface area contributed by atoms with Crippen molar-refractivity contribution in [3.8, 4) is 6.07 Å². The van der Waals surface area contributed by atoms with Gasteiger partial charge in [0, 0.05) is 11.1 Å². The summed E-state index contributed by atoms with van der Waals surface area (Å²) < 4.78 is 4.79. The molecule has 0 heterocycles. The number of hydrogen-bond acceptors (Lipinski definition) is 5. The molecule has 1 aliphatic rings. The van der Waals surface area contributed by atoms with Gasteiger partial charge in [-0.2, -0.15) is 5.26 Å². The van der Waals surface area contributed by atoms with Crippen LogP contribution in [0.25, 0.3) is 5.57 Å². The highest BCUT2D eigenvalue weighted by Crippen LogP contribution is 2.46. The van der Waals surface area contributed by atoms with Crippen molar-refractivity contribution < 1.29 is 19.1 Å². The Morgan fingerprint density at radius 1 is 1.36 bits per heavy atom. The Bertz CT molecular complexity index is 763. The minimum atomic E-state index is -2.29. The zero-order valence-corrected chi connectivity index (χ0v) is 12.3. The number of fused-ring (bicyclic) bond motifs is 1. The lowest BCUT2D eigenvalue weighted by Crippen LogP contribution is -2.44. The molecule has 2 N–H and O–H groups in total. The second-order valence-electron chi connectivity index (χ2n) is 4.48. The van der Waals surface area contributed by atoms with Gasteiger partial charge < -0.3 is 10.5 Å². The summed E-state index contributed by atoms with van der Waals surface area (Å²) in [5.74, 6) is -2.87. The number of esters is 1. The van der Waals surface area contributed by atoms with Crippen LogP contribution in [0.5, 0.6) is 0 Å². The van der Waals surface area contributed by atoms with Crippen LogP contribution in [0.15, 0.2) is 29.8 Å². The lowest BCUT2D eigenvalue weighted by molar-refractivity contribution is -0.137. The fourth-order valence-corrected chi connectivity index (χ4v) is 2.63. The second kappa shape index (κ2) is 5.62. The van der Waals surface area contributed by atoms with Gasteiger partial charge in [0.05, 0.1) is 6.61 Å². The molecule has 0 radical (unpaired) electrons. The Labute approximate surface area is 131 Å². The molecule has 1 atom stereocenters. The lowest BCUT2D eigenvalue weighted by atomic mass is 9.92. The number of benzene rings is 1. The molecule has 0 spiro atoms. The van der Waals surface area contributed by atoms with Crippen molar-refractivity contribution >= 4 is 34.8 Å². The van der Waals surface area contributed by atoms with Crippen molar-refractivity contribution in [1.82, 2.24) is 0 Å². The molecule has 6 nitrogen and oxygen atoms in total. The van der Waals surface area contributed by atoms with E-state index >= 15 is 0 Å². The average Bonchev–Trinajstić information content (AvgIpc) is 2.72. The third-order valence-corrected chi connectivity index (χ3v) is 3.83. The third kappa shape index (κ3) is 2.07. The summed E-state index contributed by atoms with van der Waals surface area (Å²) >= 11 is 6.16. The van der Waals surface area contributed by atoms with Crippen molar-refractivity contribution in [3.05, 3.63) is 41.0 Å². The van der Waals surface area contributed by atoms with Gasteiger partial charge in [0.2, 0.25) is 4.87 Å². The summed E-state index contributed by atoms with van der Waals surface area (Å²) in [6.07, 6.45) is 0. The van der Waals surface area contributed by atoms with E-state index in [2.05, 4.69) is 0 Å². The predicted molar refractivity (Wildman–Crippen MR) is 77.7 cm³/mol. The van der Waals surface area contributed by atoms with Gasteiger partial charge in [-0.05, 0) is 12.5 Å². The number of nitrogens with zero attached hydrogens (tertiary/aromatic N) is 1. The number of ether oxygens (including phenoxy) is 1. The summed E-state index contributed by atoms with van der Waals surface area (Å²) in [6, 6.07) is 7.77. The number of nitrogens with two attached hydrogens (primary N) is 1. The fraction of sp³-hybridized carbons (Fsp3) is 0.200. The first-order valence-corrected chi connectivity index (χ1v) is 6.72. The minimum Gasteiger partial charge on any atom is -0.462 e. The van der Waals surface area contributed by atoms with E-state index in [1.807, 2.05) is 0 Å². The smallest absolute Gasteiger partial charge is 0.349 e. The Morgan fingerprint density at radius 2 is 1.95 bits per heavy atom. The van der Waals surface area contributed by atoms with E-state index in [-0.39, 0.29) is 23.3 Å². The van der Waals surface area contributed by atoms with Crippen LogP contribution in [0.2, 0.25) is 0 Å². The van der Waals surface area contributed by atoms with Crippen LogP contribution in [0.4, 0.5) is 0 Å². The molecule has 1 aromatic rings. The minimum absolute atomic E-state index is 0.0265. The molecule has 0 saturated carbocycles. The Morgan fingerprint density at radius 3 is 2.45 bits per heavy atom. The monoisotopic (exact) mass is 318 g/mol. The van der Waals surface area contributed by atoms with Crippen LogP contribution in [0.3, 0.4) is 0 Å². The third-order valence-electron chi connectivity index (χ3n) is 3.28.